The molecule has 2 fully saturated rings. The zero-order chi connectivity index (χ0) is 8.01. The third kappa shape index (κ3) is 1.00. The highest BCUT2D eigenvalue weighted by Crippen LogP contribution is 2.43. The number of hydrogen-bond donors (Lipinski definition) is 1. The SMILES string of the molecule is CC1C(=O)CC2CC1CC2O. The minimum absolute atomic E-state index is 0.186. The molecule has 2 saturated carbocycles. The van der Waals surface area contributed by atoms with Crippen molar-refractivity contribution in [3.05, 3.63) is 0 Å². The summed E-state index contributed by atoms with van der Waals surface area (Å²) in [6.45, 7) is 2.00. The van der Waals surface area contributed by atoms with Crippen LogP contribution in [0.5, 0.6) is 0 Å². The van der Waals surface area contributed by atoms with Gasteiger partial charge in [0.2, 0.25) is 0 Å². The van der Waals surface area contributed by atoms with Crippen molar-refractivity contribution in [2.75, 3.05) is 0 Å². The van der Waals surface area contributed by atoms with Gasteiger partial charge in [-0.1, -0.05) is 6.92 Å². The summed E-state index contributed by atoms with van der Waals surface area (Å²) in [4.78, 5) is 11.3. The summed E-state index contributed by atoms with van der Waals surface area (Å²) < 4.78 is 0. The molecule has 0 aromatic rings. The minimum Gasteiger partial charge on any atom is -0.393 e. The van der Waals surface area contributed by atoms with Crippen LogP contribution in [-0.4, -0.2) is 17.0 Å². The van der Waals surface area contributed by atoms with E-state index in [1.165, 1.54) is 0 Å². The molecule has 2 aliphatic carbocycles. The van der Waals surface area contributed by atoms with E-state index in [4.69, 9.17) is 0 Å². The summed E-state index contributed by atoms with van der Waals surface area (Å²) in [5.41, 5.74) is 0. The summed E-state index contributed by atoms with van der Waals surface area (Å²) >= 11 is 0. The Kier molecular flexibility index (Phi) is 1.53. The Labute approximate surface area is 66.6 Å². The van der Waals surface area contributed by atoms with Gasteiger partial charge in [-0.25, -0.2) is 0 Å². The van der Waals surface area contributed by atoms with Crippen LogP contribution in [-0.2, 0) is 4.79 Å². The van der Waals surface area contributed by atoms with Crippen molar-refractivity contribution in [1.82, 2.24) is 0 Å². The summed E-state index contributed by atoms with van der Waals surface area (Å²) in [6, 6.07) is 0. The molecule has 0 amide bonds. The minimum atomic E-state index is -0.186. The molecule has 2 bridgehead atoms. The third-order valence-electron chi connectivity index (χ3n) is 3.37. The van der Waals surface area contributed by atoms with E-state index in [1.54, 1.807) is 0 Å². The number of carbonyl (C=O) groups is 1. The predicted octanol–water partition coefficient (Wildman–Crippen LogP) is 0.982. The molecule has 2 heteroatoms. The first-order chi connectivity index (χ1) is 5.18. The molecule has 0 radical (unpaired) electrons. The van der Waals surface area contributed by atoms with Crippen molar-refractivity contribution in [2.24, 2.45) is 17.8 Å². The Bertz CT molecular complexity index is 186. The first kappa shape index (κ1) is 7.29. The first-order valence-electron chi connectivity index (χ1n) is 4.39. The second kappa shape index (κ2) is 2.31. The highest BCUT2D eigenvalue weighted by molar-refractivity contribution is 5.82. The molecule has 0 aromatic heterocycles. The number of aliphatic hydroxyl groups is 1. The highest BCUT2D eigenvalue weighted by Gasteiger charge is 2.43. The predicted molar refractivity (Wildman–Crippen MR) is 41.0 cm³/mol. The molecular weight excluding hydrogens is 140 g/mol. The van der Waals surface area contributed by atoms with Crippen molar-refractivity contribution in [2.45, 2.75) is 32.3 Å². The van der Waals surface area contributed by atoms with E-state index in [0.717, 1.165) is 12.8 Å². The van der Waals surface area contributed by atoms with Gasteiger partial charge in [-0.3, -0.25) is 4.79 Å². The molecule has 0 aliphatic heterocycles. The fraction of sp³-hybridized carbons (Fsp3) is 0.889. The number of carbonyl (C=O) groups excluding carboxylic acids is 1. The highest BCUT2D eigenvalue weighted by atomic mass is 16.3. The van der Waals surface area contributed by atoms with Gasteiger partial charge in [-0.15, -0.1) is 0 Å². The molecule has 11 heavy (non-hydrogen) atoms. The van der Waals surface area contributed by atoms with Gasteiger partial charge in [0, 0.05) is 12.3 Å². The molecule has 0 saturated heterocycles. The normalized spacial score (nSPS) is 49.8. The molecular formula is C9H14O2. The maximum atomic E-state index is 11.3. The molecule has 4 atom stereocenters. The molecule has 0 spiro atoms. The lowest BCUT2D eigenvalue weighted by Crippen LogP contribution is -2.26. The van der Waals surface area contributed by atoms with Gasteiger partial charge in [0.15, 0.2) is 0 Å². The first-order valence-corrected chi connectivity index (χ1v) is 4.39. The zero-order valence-electron chi connectivity index (χ0n) is 6.79. The largest absolute Gasteiger partial charge is 0.393 e. The average molecular weight is 154 g/mol. The van der Waals surface area contributed by atoms with Crippen LogP contribution in [0.15, 0.2) is 0 Å². The van der Waals surface area contributed by atoms with Gasteiger partial charge in [0.1, 0.15) is 5.78 Å². The Hall–Kier alpha value is -0.370. The number of Topliss-reactive ketones (excluding diaryl/α,β-unsaturated/α-hetero) is 1. The van der Waals surface area contributed by atoms with Crippen LogP contribution in [0.3, 0.4) is 0 Å². The summed E-state index contributed by atoms with van der Waals surface area (Å²) in [5.74, 6) is 1.35. The molecule has 2 rings (SSSR count). The standard InChI is InChI=1S/C9H14O2/c1-5-6-2-7(4-8(5)10)9(11)3-6/h5-7,9,11H,2-4H2,1H3. The molecule has 0 heterocycles. The van der Waals surface area contributed by atoms with Crippen LogP contribution in [0, 0.1) is 17.8 Å². The van der Waals surface area contributed by atoms with Crippen molar-refractivity contribution in [3.8, 4) is 0 Å². The maximum absolute atomic E-state index is 11.3. The Balaban J connectivity index is 2.18. The van der Waals surface area contributed by atoms with Crippen LogP contribution in [0.1, 0.15) is 26.2 Å². The lowest BCUT2D eigenvalue weighted by Gasteiger charge is -2.23. The fourth-order valence-corrected chi connectivity index (χ4v) is 2.48. The van der Waals surface area contributed by atoms with E-state index >= 15 is 0 Å². The quantitative estimate of drug-likeness (QED) is 0.564. The molecule has 1 N–H and O–H groups in total. The van der Waals surface area contributed by atoms with Gasteiger partial charge < -0.3 is 5.11 Å². The van der Waals surface area contributed by atoms with Gasteiger partial charge in [0.25, 0.3) is 0 Å². The third-order valence-corrected chi connectivity index (χ3v) is 3.37. The van der Waals surface area contributed by atoms with Crippen molar-refractivity contribution >= 4 is 5.78 Å². The number of aliphatic hydroxyl groups excluding tert-OH is 1. The van der Waals surface area contributed by atoms with E-state index in [1.807, 2.05) is 6.92 Å². The van der Waals surface area contributed by atoms with Crippen molar-refractivity contribution < 1.29 is 9.90 Å². The van der Waals surface area contributed by atoms with E-state index in [0.29, 0.717) is 24.0 Å². The topological polar surface area (TPSA) is 37.3 Å². The molecule has 2 aliphatic rings. The van der Waals surface area contributed by atoms with E-state index in [2.05, 4.69) is 0 Å². The lowest BCUT2D eigenvalue weighted by molar-refractivity contribution is -0.126. The molecule has 62 valence electrons. The maximum Gasteiger partial charge on any atom is 0.136 e. The second-order valence-electron chi connectivity index (χ2n) is 4.02. The van der Waals surface area contributed by atoms with Crippen LogP contribution in [0.2, 0.25) is 0 Å². The van der Waals surface area contributed by atoms with Crippen LogP contribution in [0.4, 0.5) is 0 Å². The van der Waals surface area contributed by atoms with Gasteiger partial charge >= 0.3 is 0 Å². The van der Waals surface area contributed by atoms with Crippen LogP contribution in [0.25, 0.3) is 0 Å². The van der Waals surface area contributed by atoms with E-state index < -0.39 is 0 Å². The zero-order valence-corrected chi connectivity index (χ0v) is 6.79. The Morgan fingerprint density at radius 1 is 1.36 bits per heavy atom. The smallest absolute Gasteiger partial charge is 0.136 e. The van der Waals surface area contributed by atoms with E-state index in [-0.39, 0.29) is 12.0 Å². The van der Waals surface area contributed by atoms with Gasteiger partial charge in [-0.05, 0) is 24.7 Å². The number of hydrogen-bond acceptors (Lipinski definition) is 2. The second-order valence-corrected chi connectivity index (χ2v) is 4.02. The van der Waals surface area contributed by atoms with Gasteiger partial charge in [0.05, 0.1) is 6.10 Å². The summed E-state index contributed by atoms with van der Waals surface area (Å²) in [5, 5.41) is 9.48. The van der Waals surface area contributed by atoms with Crippen molar-refractivity contribution in [3.63, 3.8) is 0 Å². The molecule has 4 unspecified atom stereocenters. The molecule has 2 nitrogen and oxygen atoms in total. The monoisotopic (exact) mass is 154 g/mol. The molecule has 0 aromatic carbocycles. The number of ketones is 1. The fourth-order valence-electron chi connectivity index (χ4n) is 2.48. The van der Waals surface area contributed by atoms with Gasteiger partial charge in [-0.2, -0.15) is 0 Å². The average Bonchev–Trinajstić information content (AvgIpc) is 2.26. The Morgan fingerprint density at radius 3 is 2.82 bits per heavy atom. The number of rotatable bonds is 0. The number of fused-ring (bicyclic) bond motifs is 2. The van der Waals surface area contributed by atoms with Crippen LogP contribution >= 0.6 is 0 Å². The lowest BCUT2D eigenvalue weighted by atomic mass is 9.80. The summed E-state index contributed by atoms with van der Waals surface area (Å²) in [6.07, 6.45) is 2.37. The Morgan fingerprint density at radius 2 is 2.09 bits per heavy atom. The summed E-state index contributed by atoms with van der Waals surface area (Å²) in [7, 11) is 0. The van der Waals surface area contributed by atoms with E-state index in [9.17, 15) is 9.90 Å². The van der Waals surface area contributed by atoms with Crippen molar-refractivity contribution in [1.29, 1.82) is 0 Å². The van der Waals surface area contributed by atoms with Crippen LogP contribution < -0.4 is 0 Å².